The zero-order valence-electron chi connectivity index (χ0n) is 13.7. The Morgan fingerprint density at radius 2 is 2.13 bits per heavy atom. The number of rotatable bonds is 4. The predicted molar refractivity (Wildman–Crippen MR) is 87.5 cm³/mol. The van der Waals surface area contributed by atoms with E-state index < -0.39 is 5.54 Å². The summed E-state index contributed by atoms with van der Waals surface area (Å²) in [5.41, 5.74) is 2.83. The summed E-state index contributed by atoms with van der Waals surface area (Å²) in [6.07, 6.45) is 0.867. The van der Waals surface area contributed by atoms with Gasteiger partial charge in [-0.05, 0) is 19.9 Å². The molecule has 6 nitrogen and oxygen atoms in total. The molecule has 1 aliphatic rings. The molecule has 0 fully saturated rings. The van der Waals surface area contributed by atoms with Crippen molar-refractivity contribution in [2.75, 3.05) is 13.7 Å². The van der Waals surface area contributed by atoms with Crippen LogP contribution >= 0.6 is 0 Å². The van der Waals surface area contributed by atoms with Crippen molar-refractivity contribution in [1.82, 2.24) is 20.8 Å². The smallest absolute Gasteiger partial charge is 0.272 e. The van der Waals surface area contributed by atoms with E-state index in [0.717, 1.165) is 35.5 Å². The second-order valence-electron chi connectivity index (χ2n) is 6.24. The van der Waals surface area contributed by atoms with E-state index in [2.05, 4.69) is 20.8 Å². The fourth-order valence-electron chi connectivity index (χ4n) is 2.98. The number of hydrogen-bond acceptors (Lipinski definition) is 4. The molecule has 0 bridgehead atoms. The second-order valence-corrected chi connectivity index (χ2v) is 6.24. The standard InChI is InChI=1S/C17H22N4O2/c1-17(2,12-6-4-5-7-14(12)23-3)19-16(22)15-11-10-18-9-8-13(11)20-21-15/h4-7,18H,8-10H2,1-3H3,(H,19,22)(H,20,21). The van der Waals surface area contributed by atoms with Gasteiger partial charge in [0.2, 0.25) is 0 Å². The molecule has 6 heteroatoms. The Kier molecular flexibility index (Phi) is 4.09. The van der Waals surface area contributed by atoms with Crippen molar-refractivity contribution >= 4 is 5.91 Å². The van der Waals surface area contributed by atoms with Crippen molar-refractivity contribution in [2.24, 2.45) is 0 Å². The first-order valence-corrected chi connectivity index (χ1v) is 7.76. The Labute approximate surface area is 135 Å². The van der Waals surface area contributed by atoms with Crippen molar-refractivity contribution in [3.8, 4) is 5.75 Å². The van der Waals surface area contributed by atoms with Crippen molar-refractivity contribution in [3.63, 3.8) is 0 Å². The molecule has 0 radical (unpaired) electrons. The SMILES string of the molecule is COc1ccccc1C(C)(C)NC(=O)c1n[nH]c2c1CNCC2. The molecule has 0 saturated carbocycles. The van der Waals surface area contributed by atoms with Crippen LogP contribution in [0.1, 0.15) is 41.2 Å². The number of aromatic nitrogens is 2. The first-order valence-electron chi connectivity index (χ1n) is 7.76. The number of carbonyl (C=O) groups excluding carboxylic acids is 1. The lowest BCUT2D eigenvalue weighted by molar-refractivity contribution is 0.0904. The monoisotopic (exact) mass is 314 g/mol. The molecule has 1 amide bonds. The van der Waals surface area contributed by atoms with E-state index in [4.69, 9.17) is 4.74 Å². The summed E-state index contributed by atoms with van der Waals surface area (Å²) in [4.78, 5) is 12.7. The van der Waals surface area contributed by atoms with Gasteiger partial charge in [-0.25, -0.2) is 0 Å². The summed E-state index contributed by atoms with van der Waals surface area (Å²) in [6, 6.07) is 7.70. The summed E-state index contributed by atoms with van der Waals surface area (Å²) < 4.78 is 5.41. The van der Waals surface area contributed by atoms with E-state index in [-0.39, 0.29) is 5.91 Å². The van der Waals surface area contributed by atoms with Gasteiger partial charge >= 0.3 is 0 Å². The van der Waals surface area contributed by atoms with Gasteiger partial charge in [0.1, 0.15) is 5.75 Å². The van der Waals surface area contributed by atoms with E-state index in [1.807, 2.05) is 38.1 Å². The normalized spacial score (nSPS) is 14.2. The third kappa shape index (κ3) is 2.94. The predicted octanol–water partition coefficient (Wildman–Crippen LogP) is 1.73. The summed E-state index contributed by atoms with van der Waals surface area (Å²) >= 11 is 0. The average molecular weight is 314 g/mol. The summed E-state index contributed by atoms with van der Waals surface area (Å²) in [6.45, 7) is 5.49. The number of nitrogens with zero attached hydrogens (tertiary/aromatic N) is 1. The largest absolute Gasteiger partial charge is 0.496 e. The van der Waals surface area contributed by atoms with E-state index in [0.29, 0.717) is 12.2 Å². The second kappa shape index (κ2) is 6.04. The van der Waals surface area contributed by atoms with Gasteiger partial charge < -0.3 is 15.4 Å². The highest BCUT2D eigenvalue weighted by Crippen LogP contribution is 2.29. The van der Waals surface area contributed by atoms with Crippen LogP contribution in [-0.2, 0) is 18.5 Å². The number of hydrogen-bond donors (Lipinski definition) is 3. The minimum atomic E-state index is -0.572. The molecule has 0 saturated heterocycles. The number of nitrogens with one attached hydrogen (secondary N) is 3. The van der Waals surface area contributed by atoms with E-state index in [1.54, 1.807) is 7.11 Å². The molecule has 0 spiro atoms. The van der Waals surface area contributed by atoms with Gasteiger partial charge in [0.25, 0.3) is 5.91 Å². The number of H-pyrrole nitrogens is 1. The van der Waals surface area contributed by atoms with Crippen molar-refractivity contribution in [3.05, 3.63) is 46.8 Å². The van der Waals surface area contributed by atoms with E-state index in [1.165, 1.54) is 0 Å². The molecule has 2 aromatic rings. The van der Waals surface area contributed by atoms with Crippen LogP contribution in [0.5, 0.6) is 5.75 Å². The van der Waals surface area contributed by atoms with Gasteiger partial charge in [0.15, 0.2) is 5.69 Å². The van der Waals surface area contributed by atoms with Crippen LogP contribution in [0.4, 0.5) is 0 Å². The molecule has 122 valence electrons. The molecule has 1 aliphatic heterocycles. The quantitative estimate of drug-likeness (QED) is 0.803. The van der Waals surface area contributed by atoms with Crippen LogP contribution in [-0.4, -0.2) is 29.8 Å². The minimum absolute atomic E-state index is 0.179. The van der Waals surface area contributed by atoms with Gasteiger partial charge in [-0.2, -0.15) is 5.10 Å². The van der Waals surface area contributed by atoms with E-state index >= 15 is 0 Å². The maximum Gasteiger partial charge on any atom is 0.272 e. The first kappa shape index (κ1) is 15.6. The Hall–Kier alpha value is -2.34. The zero-order chi connectivity index (χ0) is 16.4. The third-order valence-electron chi connectivity index (χ3n) is 4.23. The van der Waals surface area contributed by atoms with Gasteiger partial charge in [-0.15, -0.1) is 0 Å². The first-order chi connectivity index (χ1) is 11.0. The number of benzene rings is 1. The lowest BCUT2D eigenvalue weighted by Crippen LogP contribution is -2.42. The molecule has 1 aromatic carbocycles. The molecule has 2 heterocycles. The molecule has 0 atom stereocenters. The molecule has 3 rings (SSSR count). The van der Waals surface area contributed by atoms with Crippen LogP contribution < -0.4 is 15.4 Å². The zero-order valence-corrected chi connectivity index (χ0v) is 13.7. The van der Waals surface area contributed by atoms with Gasteiger partial charge in [0, 0.05) is 36.3 Å². The highest BCUT2D eigenvalue weighted by molar-refractivity contribution is 5.94. The number of aromatic amines is 1. The Morgan fingerprint density at radius 1 is 1.35 bits per heavy atom. The van der Waals surface area contributed by atoms with Crippen molar-refractivity contribution in [2.45, 2.75) is 32.4 Å². The lowest BCUT2D eigenvalue weighted by atomic mass is 9.93. The molecule has 3 N–H and O–H groups in total. The number of methoxy groups -OCH3 is 1. The fraction of sp³-hybridized carbons (Fsp3) is 0.412. The molecular weight excluding hydrogens is 292 g/mol. The van der Waals surface area contributed by atoms with Crippen LogP contribution in [0.15, 0.2) is 24.3 Å². The van der Waals surface area contributed by atoms with Crippen LogP contribution in [0.2, 0.25) is 0 Å². The lowest BCUT2D eigenvalue weighted by Gasteiger charge is -2.28. The van der Waals surface area contributed by atoms with Gasteiger partial charge in [-0.1, -0.05) is 18.2 Å². The molecule has 0 aliphatic carbocycles. The summed E-state index contributed by atoms with van der Waals surface area (Å²) in [5.74, 6) is 0.575. The van der Waals surface area contributed by atoms with Crippen molar-refractivity contribution in [1.29, 1.82) is 0 Å². The number of ether oxygens (including phenoxy) is 1. The Bertz CT molecular complexity index is 721. The number of fused-ring (bicyclic) bond motifs is 1. The topological polar surface area (TPSA) is 79.0 Å². The minimum Gasteiger partial charge on any atom is -0.496 e. The van der Waals surface area contributed by atoms with E-state index in [9.17, 15) is 4.79 Å². The van der Waals surface area contributed by atoms with Crippen LogP contribution in [0, 0.1) is 0 Å². The fourth-order valence-corrected chi connectivity index (χ4v) is 2.98. The summed E-state index contributed by atoms with van der Waals surface area (Å²) in [5, 5.41) is 13.5. The summed E-state index contributed by atoms with van der Waals surface area (Å²) in [7, 11) is 1.63. The van der Waals surface area contributed by atoms with Gasteiger partial charge in [0.05, 0.1) is 12.6 Å². The Balaban J connectivity index is 1.85. The van der Waals surface area contributed by atoms with Crippen LogP contribution in [0.25, 0.3) is 0 Å². The molecule has 0 unspecified atom stereocenters. The maximum atomic E-state index is 12.7. The number of carbonyl (C=O) groups is 1. The van der Waals surface area contributed by atoms with Crippen LogP contribution in [0.3, 0.4) is 0 Å². The molecule has 23 heavy (non-hydrogen) atoms. The number of para-hydroxylation sites is 1. The molecular formula is C17H22N4O2. The number of amides is 1. The highest BCUT2D eigenvalue weighted by atomic mass is 16.5. The van der Waals surface area contributed by atoms with Gasteiger partial charge in [-0.3, -0.25) is 9.89 Å². The molecule has 1 aromatic heterocycles. The highest BCUT2D eigenvalue weighted by Gasteiger charge is 2.29. The van der Waals surface area contributed by atoms with Crippen molar-refractivity contribution < 1.29 is 9.53 Å². The maximum absolute atomic E-state index is 12.7. The Morgan fingerprint density at radius 3 is 2.91 bits per heavy atom. The average Bonchev–Trinajstić information content (AvgIpc) is 2.98. The third-order valence-corrected chi connectivity index (χ3v) is 4.23.